The smallest absolute Gasteiger partial charge is 0.311 e. The molecule has 2 N–H and O–H groups in total. The van der Waals surface area contributed by atoms with Crippen LogP contribution in [0, 0.1) is 10.1 Å². The summed E-state index contributed by atoms with van der Waals surface area (Å²) in [4.78, 5) is 42.9. The number of carbonyl (C=O) groups is 1. The summed E-state index contributed by atoms with van der Waals surface area (Å²) in [5.74, 6) is -0.411. The molecular formula is C28H22N4O6S. The molecule has 4 aromatic rings. The van der Waals surface area contributed by atoms with Gasteiger partial charge in [0.1, 0.15) is 5.75 Å². The second-order valence-corrected chi connectivity index (χ2v) is 9.66. The van der Waals surface area contributed by atoms with Crippen LogP contribution in [-0.2, 0) is 4.79 Å². The SMILES string of the molecule is COc1cccc(C2C(C(=O)Nc3ccccc3)=C(C)N=c3s/c(=C\c4cccc([N+](=O)[O-])c4O)c(=O)n32)c1. The molecule has 11 heteroatoms. The molecule has 2 heterocycles. The minimum absolute atomic E-state index is 0.116. The number of carbonyl (C=O) groups excluding carboxylic acids is 1. The Morgan fingerprint density at radius 3 is 2.62 bits per heavy atom. The Morgan fingerprint density at radius 2 is 1.90 bits per heavy atom. The van der Waals surface area contributed by atoms with Gasteiger partial charge in [-0.2, -0.15) is 0 Å². The van der Waals surface area contributed by atoms with Gasteiger partial charge < -0.3 is 15.2 Å². The summed E-state index contributed by atoms with van der Waals surface area (Å²) in [5, 5.41) is 24.6. The van der Waals surface area contributed by atoms with Crippen molar-refractivity contribution in [1.29, 1.82) is 0 Å². The molecule has 0 saturated heterocycles. The number of aromatic hydroxyl groups is 1. The van der Waals surface area contributed by atoms with Crippen LogP contribution in [0.3, 0.4) is 0 Å². The van der Waals surface area contributed by atoms with E-state index in [1.807, 2.05) is 6.07 Å². The third-order valence-electron chi connectivity index (χ3n) is 6.24. The number of thiazole rings is 1. The first kappa shape index (κ1) is 25.6. The molecule has 1 amide bonds. The van der Waals surface area contributed by atoms with Crippen LogP contribution in [0.4, 0.5) is 11.4 Å². The van der Waals surface area contributed by atoms with Crippen LogP contribution in [0.5, 0.6) is 11.5 Å². The molecule has 1 unspecified atom stereocenters. The lowest BCUT2D eigenvalue weighted by Gasteiger charge is -2.25. The Labute approximate surface area is 225 Å². The van der Waals surface area contributed by atoms with Gasteiger partial charge in [-0.15, -0.1) is 0 Å². The maximum absolute atomic E-state index is 13.8. The highest BCUT2D eigenvalue weighted by Gasteiger charge is 2.33. The average molecular weight is 543 g/mol. The molecule has 1 aliphatic rings. The average Bonchev–Trinajstić information content (AvgIpc) is 3.23. The summed E-state index contributed by atoms with van der Waals surface area (Å²) < 4.78 is 7.01. The van der Waals surface area contributed by atoms with Crippen molar-refractivity contribution in [2.24, 2.45) is 4.99 Å². The minimum atomic E-state index is -0.832. The predicted molar refractivity (Wildman–Crippen MR) is 147 cm³/mol. The van der Waals surface area contributed by atoms with E-state index in [9.17, 15) is 24.8 Å². The number of rotatable bonds is 6. The van der Waals surface area contributed by atoms with E-state index in [0.717, 1.165) is 11.3 Å². The van der Waals surface area contributed by atoms with Crippen molar-refractivity contribution in [1.82, 2.24) is 4.57 Å². The fourth-order valence-corrected chi connectivity index (χ4v) is 5.45. The third kappa shape index (κ3) is 4.82. The molecule has 39 heavy (non-hydrogen) atoms. The maximum Gasteiger partial charge on any atom is 0.311 e. The fraction of sp³-hybridized carbons (Fsp3) is 0.107. The van der Waals surface area contributed by atoms with Crippen LogP contribution in [0.2, 0.25) is 0 Å². The molecular weight excluding hydrogens is 520 g/mol. The van der Waals surface area contributed by atoms with E-state index in [-0.39, 0.29) is 15.7 Å². The number of anilines is 1. The summed E-state index contributed by atoms with van der Waals surface area (Å²) >= 11 is 1.06. The van der Waals surface area contributed by atoms with Crippen molar-refractivity contribution in [3.63, 3.8) is 0 Å². The highest BCUT2D eigenvalue weighted by molar-refractivity contribution is 7.07. The van der Waals surface area contributed by atoms with Crippen LogP contribution < -0.4 is 24.9 Å². The Hall–Kier alpha value is -5.03. The molecule has 10 nitrogen and oxygen atoms in total. The zero-order valence-electron chi connectivity index (χ0n) is 20.8. The molecule has 1 aromatic heterocycles. The van der Waals surface area contributed by atoms with Gasteiger partial charge in [-0.3, -0.25) is 24.3 Å². The van der Waals surface area contributed by atoms with Gasteiger partial charge in [0.2, 0.25) is 5.75 Å². The Balaban J connectivity index is 1.70. The van der Waals surface area contributed by atoms with Crippen LogP contribution >= 0.6 is 11.3 Å². The summed E-state index contributed by atoms with van der Waals surface area (Å²) in [6, 6.07) is 19.3. The number of nitro benzene ring substituents is 1. The molecule has 0 saturated carbocycles. The van der Waals surface area contributed by atoms with E-state index in [0.29, 0.717) is 27.5 Å². The van der Waals surface area contributed by atoms with Gasteiger partial charge in [0.05, 0.1) is 33.9 Å². The van der Waals surface area contributed by atoms with Crippen LogP contribution in [0.1, 0.15) is 24.1 Å². The second-order valence-electron chi connectivity index (χ2n) is 8.65. The lowest BCUT2D eigenvalue weighted by atomic mass is 9.95. The molecule has 1 aliphatic heterocycles. The molecule has 0 bridgehead atoms. The number of benzene rings is 3. The molecule has 0 radical (unpaired) electrons. The van der Waals surface area contributed by atoms with Crippen molar-refractivity contribution < 1.29 is 19.6 Å². The normalized spacial score (nSPS) is 14.9. The molecule has 3 aromatic carbocycles. The third-order valence-corrected chi connectivity index (χ3v) is 7.22. The molecule has 0 aliphatic carbocycles. The lowest BCUT2D eigenvalue weighted by Crippen LogP contribution is -2.40. The van der Waals surface area contributed by atoms with Gasteiger partial charge in [0, 0.05) is 17.3 Å². The van der Waals surface area contributed by atoms with E-state index in [4.69, 9.17) is 4.74 Å². The number of para-hydroxylation sites is 2. The lowest BCUT2D eigenvalue weighted by molar-refractivity contribution is -0.385. The number of nitrogens with one attached hydrogen (secondary N) is 1. The summed E-state index contributed by atoms with van der Waals surface area (Å²) in [5.41, 5.74) is 1.12. The van der Waals surface area contributed by atoms with E-state index in [2.05, 4.69) is 10.3 Å². The summed E-state index contributed by atoms with van der Waals surface area (Å²) in [7, 11) is 1.53. The zero-order chi connectivity index (χ0) is 27.7. The number of hydrogen-bond donors (Lipinski definition) is 2. The molecule has 5 rings (SSSR count). The van der Waals surface area contributed by atoms with Gasteiger partial charge in [-0.05, 0) is 42.8 Å². The zero-order valence-corrected chi connectivity index (χ0v) is 21.6. The van der Waals surface area contributed by atoms with Crippen molar-refractivity contribution in [3.05, 3.63) is 125 Å². The monoisotopic (exact) mass is 542 g/mol. The first-order valence-corrected chi connectivity index (χ1v) is 12.6. The van der Waals surface area contributed by atoms with Crippen molar-refractivity contribution >= 4 is 34.7 Å². The number of fused-ring (bicyclic) bond motifs is 1. The number of methoxy groups -OCH3 is 1. The first-order valence-electron chi connectivity index (χ1n) is 11.8. The number of nitrogens with zero attached hydrogens (tertiary/aromatic N) is 3. The maximum atomic E-state index is 13.8. The fourth-order valence-electron chi connectivity index (χ4n) is 4.41. The van der Waals surface area contributed by atoms with Crippen molar-refractivity contribution in [2.75, 3.05) is 12.4 Å². The topological polar surface area (TPSA) is 136 Å². The van der Waals surface area contributed by atoms with E-state index < -0.39 is 33.9 Å². The van der Waals surface area contributed by atoms with Crippen LogP contribution in [0.15, 0.2) is 93.9 Å². The molecule has 0 spiro atoms. The number of nitro groups is 1. The number of ether oxygens (including phenoxy) is 1. The first-order chi connectivity index (χ1) is 18.8. The van der Waals surface area contributed by atoms with Gasteiger partial charge in [0.25, 0.3) is 11.5 Å². The Morgan fingerprint density at radius 1 is 1.15 bits per heavy atom. The summed E-state index contributed by atoms with van der Waals surface area (Å²) in [6.07, 6.45) is 1.39. The van der Waals surface area contributed by atoms with Crippen LogP contribution in [0.25, 0.3) is 6.08 Å². The van der Waals surface area contributed by atoms with Crippen LogP contribution in [-0.4, -0.2) is 27.6 Å². The van der Waals surface area contributed by atoms with Gasteiger partial charge >= 0.3 is 5.69 Å². The number of allylic oxidation sites excluding steroid dienone is 1. The van der Waals surface area contributed by atoms with E-state index in [1.165, 1.54) is 36.0 Å². The van der Waals surface area contributed by atoms with E-state index in [1.54, 1.807) is 55.5 Å². The molecule has 0 fully saturated rings. The number of aromatic nitrogens is 1. The Kier molecular flexibility index (Phi) is 6.82. The summed E-state index contributed by atoms with van der Waals surface area (Å²) in [6.45, 7) is 1.70. The van der Waals surface area contributed by atoms with Gasteiger partial charge in [-0.25, -0.2) is 4.99 Å². The molecule has 196 valence electrons. The predicted octanol–water partition coefficient (Wildman–Crippen LogP) is 3.50. The number of phenols is 1. The van der Waals surface area contributed by atoms with E-state index >= 15 is 0 Å². The number of phenolic OH excluding ortho intramolecular Hbond substituents is 1. The second kappa shape index (κ2) is 10.4. The largest absolute Gasteiger partial charge is 0.502 e. The number of amides is 1. The molecule has 1 atom stereocenters. The quantitative estimate of drug-likeness (QED) is 0.283. The standard InChI is InChI=1S/C28H22N4O6S/c1-16-23(26(34)30-19-10-4-3-5-11-19)24(17-8-6-12-20(14-17)38-2)31-27(35)22(39-28(31)29-16)15-18-9-7-13-21(25(18)33)32(36)37/h3-15,24,33H,1-2H3,(H,30,34)/b22-15-. The van der Waals surface area contributed by atoms with Gasteiger partial charge in [-0.1, -0.05) is 53.8 Å². The highest BCUT2D eigenvalue weighted by Crippen LogP contribution is 2.33. The van der Waals surface area contributed by atoms with Crippen molar-refractivity contribution in [3.8, 4) is 11.5 Å². The Bertz CT molecular complexity index is 1820. The van der Waals surface area contributed by atoms with Crippen molar-refractivity contribution in [2.45, 2.75) is 13.0 Å². The van der Waals surface area contributed by atoms with Gasteiger partial charge in [0.15, 0.2) is 4.80 Å². The minimum Gasteiger partial charge on any atom is -0.502 e. The highest BCUT2D eigenvalue weighted by atomic mass is 32.1. The number of hydrogen-bond acceptors (Lipinski definition) is 8.